The van der Waals surface area contributed by atoms with Crippen LogP contribution >= 0.6 is 9.47 Å². The fourth-order valence-corrected chi connectivity index (χ4v) is 0.745. The van der Waals surface area contributed by atoms with E-state index >= 15 is 0 Å². The summed E-state index contributed by atoms with van der Waals surface area (Å²) in [5.41, 5.74) is 0. The van der Waals surface area contributed by atoms with Gasteiger partial charge in [0, 0.05) is 0 Å². The highest BCUT2D eigenvalue weighted by Gasteiger charge is 2.13. The largest absolute Gasteiger partial charge is 0.450 e. The van der Waals surface area contributed by atoms with Gasteiger partial charge in [0.1, 0.15) is 6.04 Å². The first kappa shape index (κ1) is 9.60. The molecule has 0 aromatic rings. The highest BCUT2D eigenvalue weighted by Crippen LogP contribution is 1.98. The molecule has 0 aliphatic heterocycles. The van der Waals surface area contributed by atoms with E-state index in [9.17, 15) is 4.79 Å². The molecule has 2 atom stereocenters. The van der Waals surface area contributed by atoms with Crippen molar-refractivity contribution in [1.29, 1.82) is 0 Å². The van der Waals surface area contributed by atoms with Gasteiger partial charge in [0.2, 0.25) is 0 Å². The Morgan fingerprint density at radius 3 is 2.90 bits per heavy atom. The summed E-state index contributed by atoms with van der Waals surface area (Å²) in [6, 6.07) is -0.269. The van der Waals surface area contributed by atoms with Gasteiger partial charge in [-0.2, -0.15) is 0 Å². The summed E-state index contributed by atoms with van der Waals surface area (Å²) in [5.74, 6) is -0.285. The topological polar surface area (TPSA) is 38.3 Å². The van der Waals surface area contributed by atoms with Gasteiger partial charge >= 0.3 is 5.97 Å². The third kappa shape index (κ3) is 2.95. The van der Waals surface area contributed by atoms with Crippen LogP contribution in [0.2, 0.25) is 0 Å². The molecule has 0 aliphatic rings. The van der Waals surface area contributed by atoms with E-state index in [1.54, 1.807) is 13.1 Å². The molecule has 0 rings (SSSR count). The van der Waals surface area contributed by atoms with Gasteiger partial charge in [0.25, 0.3) is 0 Å². The summed E-state index contributed by atoms with van der Waals surface area (Å²) in [6.45, 7) is 3.51. The molecule has 4 heteroatoms. The Bertz CT molecular complexity index is 127. The molecule has 0 aromatic carbocycles. The van der Waals surface area contributed by atoms with E-state index in [0.29, 0.717) is 6.42 Å². The lowest BCUT2D eigenvalue weighted by Gasteiger charge is -2.09. The van der Waals surface area contributed by atoms with E-state index in [0.717, 1.165) is 0 Å². The molecule has 0 heterocycles. The van der Waals surface area contributed by atoms with E-state index in [-0.39, 0.29) is 12.0 Å². The molecule has 3 nitrogen and oxygen atoms in total. The Labute approximate surface area is 63.1 Å². The number of likely N-dealkylation sites (N-methyl/N-ethyl adjacent to an activating group) is 1. The summed E-state index contributed by atoms with van der Waals surface area (Å²) < 4.78 is 4.42. The Morgan fingerprint density at radius 1 is 2.00 bits per heavy atom. The van der Waals surface area contributed by atoms with Crippen LogP contribution in [0.15, 0.2) is 12.7 Å². The molecule has 0 fully saturated rings. The Kier molecular flexibility index (Phi) is 5.17. The van der Waals surface area contributed by atoms with Crippen LogP contribution in [0.25, 0.3) is 0 Å². The summed E-state index contributed by atoms with van der Waals surface area (Å²) in [4.78, 5) is 10.8. The lowest BCUT2D eigenvalue weighted by Crippen LogP contribution is -2.33. The Morgan fingerprint density at radius 2 is 2.60 bits per heavy atom. The molecule has 0 bridgehead atoms. The second-order valence-corrected chi connectivity index (χ2v) is 2.04. The highest BCUT2D eigenvalue weighted by molar-refractivity contribution is 7.10. The van der Waals surface area contributed by atoms with Crippen LogP contribution in [0.1, 0.15) is 6.42 Å². The fraction of sp³-hybridized carbons (Fsp3) is 0.500. The fourth-order valence-electron chi connectivity index (χ4n) is 0.581. The number of rotatable bonds is 4. The van der Waals surface area contributed by atoms with Crippen molar-refractivity contribution in [2.75, 3.05) is 7.05 Å². The van der Waals surface area contributed by atoms with Gasteiger partial charge in [-0.25, -0.2) is 0 Å². The first-order valence-electron chi connectivity index (χ1n) is 2.95. The highest BCUT2D eigenvalue weighted by atomic mass is 31.0. The molecule has 0 aromatic heterocycles. The van der Waals surface area contributed by atoms with Crippen LogP contribution in [-0.4, -0.2) is 19.1 Å². The second kappa shape index (κ2) is 5.39. The molecule has 1 N–H and O–H groups in total. The van der Waals surface area contributed by atoms with Crippen LogP contribution in [-0.2, 0) is 9.32 Å². The molecule has 0 amide bonds. The summed E-state index contributed by atoms with van der Waals surface area (Å²) in [6.07, 6.45) is 2.26. The van der Waals surface area contributed by atoms with Crippen LogP contribution in [0.3, 0.4) is 0 Å². The van der Waals surface area contributed by atoms with Crippen LogP contribution in [0, 0.1) is 0 Å². The third-order valence-electron chi connectivity index (χ3n) is 1.15. The zero-order valence-electron chi connectivity index (χ0n) is 5.96. The van der Waals surface area contributed by atoms with E-state index in [1.807, 2.05) is 9.47 Å². The summed E-state index contributed by atoms with van der Waals surface area (Å²) in [7, 11) is 3.62. The average Bonchev–Trinajstić information content (AvgIpc) is 1.99. The standard InChI is InChI=1S/C6H12NO2P/c1-3-4-5(7-2)6(8)9-10/h3,5,7H,1,4,10H2,2H3. The number of hydrogen-bond donors (Lipinski definition) is 1. The molecular weight excluding hydrogens is 149 g/mol. The van der Waals surface area contributed by atoms with E-state index < -0.39 is 0 Å². The maximum absolute atomic E-state index is 10.8. The predicted octanol–water partition coefficient (Wildman–Crippen LogP) is 0.484. The normalized spacial score (nSPS) is 12.2. The number of carbonyl (C=O) groups is 1. The minimum absolute atomic E-state index is 0.269. The van der Waals surface area contributed by atoms with E-state index in [1.165, 1.54) is 0 Å². The predicted molar refractivity (Wildman–Crippen MR) is 43.5 cm³/mol. The lowest BCUT2D eigenvalue weighted by molar-refractivity contribution is -0.135. The van der Waals surface area contributed by atoms with Gasteiger partial charge in [0.05, 0.1) is 9.47 Å². The van der Waals surface area contributed by atoms with Gasteiger partial charge in [-0.3, -0.25) is 4.79 Å². The zero-order valence-corrected chi connectivity index (χ0v) is 7.12. The molecule has 2 unspecified atom stereocenters. The zero-order chi connectivity index (χ0) is 7.98. The minimum Gasteiger partial charge on any atom is -0.450 e. The summed E-state index contributed by atoms with van der Waals surface area (Å²) in [5, 5.41) is 2.79. The van der Waals surface area contributed by atoms with Crippen LogP contribution < -0.4 is 5.32 Å². The van der Waals surface area contributed by atoms with E-state index in [4.69, 9.17) is 0 Å². The molecule has 0 radical (unpaired) electrons. The van der Waals surface area contributed by atoms with Gasteiger partial charge in [-0.1, -0.05) is 6.08 Å². The molecule has 0 saturated carbocycles. The Hall–Kier alpha value is -0.400. The van der Waals surface area contributed by atoms with Crippen molar-refractivity contribution in [3.63, 3.8) is 0 Å². The number of hydrogen-bond acceptors (Lipinski definition) is 3. The van der Waals surface area contributed by atoms with Crippen molar-refractivity contribution in [3.05, 3.63) is 12.7 Å². The van der Waals surface area contributed by atoms with Crippen molar-refractivity contribution in [2.24, 2.45) is 0 Å². The van der Waals surface area contributed by atoms with Gasteiger partial charge in [-0.15, -0.1) is 6.58 Å². The van der Waals surface area contributed by atoms with Crippen LogP contribution in [0.4, 0.5) is 0 Å². The van der Waals surface area contributed by atoms with Crippen molar-refractivity contribution >= 4 is 15.4 Å². The Balaban J connectivity index is 3.79. The number of carbonyl (C=O) groups excluding carboxylic acids is 1. The molecule has 58 valence electrons. The van der Waals surface area contributed by atoms with Crippen LogP contribution in [0.5, 0.6) is 0 Å². The average molecular weight is 161 g/mol. The molecule has 0 saturated heterocycles. The maximum Gasteiger partial charge on any atom is 0.325 e. The van der Waals surface area contributed by atoms with Crippen molar-refractivity contribution in [3.8, 4) is 0 Å². The molecular formula is C6H12NO2P. The molecule has 0 spiro atoms. The maximum atomic E-state index is 10.8. The van der Waals surface area contributed by atoms with Gasteiger partial charge in [0.15, 0.2) is 0 Å². The number of nitrogens with one attached hydrogen (secondary N) is 1. The quantitative estimate of drug-likeness (QED) is 0.481. The van der Waals surface area contributed by atoms with Gasteiger partial charge < -0.3 is 9.84 Å². The van der Waals surface area contributed by atoms with Crippen molar-refractivity contribution in [1.82, 2.24) is 5.32 Å². The third-order valence-corrected chi connectivity index (χ3v) is 1.38. The first-order valence-corrected chi connectivity index (χ1v) is 3.42. The molecule has 0 aliphatic carbocycles. The monoisotopic (exact) mass is 161 g/mol. The molecule has 10 heavy (non-hydrogen) atoms. The summed E-state index contributed by atoms with van der Waals surface area (Å²) >= 11 is 0. The van der Waals surface area contributed by atoms with E-state index in [2.05, 4.69) is 16.4 Å². The van der Waals surface area contributed by atoms with Gasteiger partial charge in [-0.05, 0) is 13.5 Å². The SMILES string of the molecule is C=CCC(NC)C(=O)OP. The smallest absolute Gasteiger partial charge is 0.325 e. The lowest BCUT2D eigenvalue weighted by atomic mass is 10.2. The van der Waals surface area contributed by atoms with Crippen molar-refractivity contribution < 1.29 is 9.32 Å². The first-order chi connectivity index (χ1) is 4.76. The minimum atomic E-state index is -0.285. The second-order valence-electron chi connectivity index (χ2n) is 1.80. The van der Waals surface area contributed by atoms with Crippen molar-refractivity contribution in [2.45, 2.75) is 12.5 Å².